The molecule has 1 aromatic carbocycles. The summed E-state index contributed by atoms with van der Waals surface area (Å²) in [4.78, 5) is 8.47. The van der Waals surface area contributed by atoms with Crippen LogP contribution in [0, 0.1) is 16.7 Å². The maximum Gasteiger partial charge on any atom is 0.416 e. The van der Waals surface area contributed by atoms with E-state index in [-0.39, 0.29) is 49.0 Å². The maximum atomic E-state index is 13.1. The standard InChI is InChI=1S/C22H26F3N5O.H2/c1-21(2)11-16(7-8-18(21)31)29-19-15(12-26)13-28-20(30-19)27-10-9-14-5-3-4-6-17(14)22(23,24)25;/h3-6,13,16,18,31H,7-11H2,1-2H3,(H2,27,28,29,30);1H/t16-,18+;/m1./s1. The molecule has 1 aromatic heterocycles. The van der Waals surface area contributed by atoms with Crippen LogP contribution in [0.2, 0.25) is 0 Å². The smallest absolute Gasteiger partial charge is 0.393 e. The number of alkyl halides is 3. The van der Waals surface area contributed by atoms with E-state index in [0.29, 0.717) is 12.2 Å². The second-order valence-electron chi connectivity index (χ2n) is 8.53. The van der Waals surface area contributed by atoms with Gasteiger partial charge in [-0.3, -0.25) is 0 Å². The molecule has 168 valence electrons. The van der Waals surface area contributed by atoms with Crippen LogP contribution in [0.5, 0.6) is 0 Å². The van der Waals surface area contributed by atoms with Crippen molar-refractivity contribution >= 4 is 11.8 Å². The zero-order valence-electron chi connectivity index (χ0n) is 17.5. The van der Waals surface area contributed by atoms with Crippen molar-refractivity contribution in [3.05, 3.63) is 47.2 Å². The lowest BCUT2D eigenvalue weighted by atomic mass is 9.73. The number of nitriles is 1. The Labute approximate surface area is 181 Å². The topological polar surface area (TPSA) is 93.9 Å². The van der Waals surface area contributed by atoms with Crippen LogP contribution in [0.15, 0.2) is 30.5 Å². The van der Waals surface area contributed by atoms with E-state index in [2.05, 4.69) is 26.7 Å². The van der Waals surface area contributed by atoms with Crippen molar-refractivity contribution in [1.29, 1.82) is 5.26 Å². The highest BCUT2D eigenvalue weighted by Crippen LogP contribution is 2.37. The molecule has 0 radical (unpaired) electrons. The molecule has 0 saturated heterocycles. The van der Waals surface area contributed by atoms with Gasteiger partial charge >= 0.3 is 6.18 Å². The molecule has 3 N–H and O–H groups in total. The number of nitrogens with zero attached hydrogens (tertiary/aromatic N) is 3. The summed E-state index contributed by atoms with van der Waals surface area (Å²) in [6.07, 6.45) is -1.11. The van der Waals surface area contributed by atoms with Gasteiger partial charge in [-0.25, -0.2) is 4.98 Å². The van der Waals surface area contributed by atoms with Gasteiger partial charge in [0.1, 0.15) is 17.5 Å². The molecule has 31 heavy (non-hydrogen) atoms. The minimum atomic E-state index is -4.40. The molecule has 3 rings (SSSR count). The number of aliphatic hydroxyl groups excluding tert-OH is 1. The second-order valence-corrected chi connectivity index (χ2v) is 8.53. The minimum Gasteiger partial charge on any atom is -0.393 e. The fourth-order valence-corrected chi connectivity index (χ4v) is 3.92. The first-order valence-corrected chi connectivity index (χ1v) is 10.2. The van der Waals surface area contributed by atoms with E-state index >= 15 is 0 Å². The Bertz CT molecular complexity index is 961. The van der Waals surface area contributed by atoms with Gasteiger partial charge in [0.2, 0.25) is 5.95 Å². The molecule has 1 fully saturated rings. The molecule has 1 aliphatic carbocycles. The van der Waals surface area contributed by atoms with Crippen LogP contribution in [0.3, 0.4) is 0 Å². The van der Waals surface area contributed by atoms with E-state index < -0.39 is 11.7 Å². The number of anilines is 2. The number of aliphatic hydroxyl groups is 1. The Morgan fingerprint density at radius 3 is 2.71 bits per heavy atom. The molecule has 0 spiro atoms. The summed E-state index contributed by atoms with van der Waals surface area (Å²) >= 11 is 0. The van der Waals surface area contributed by atoms with E-state index in [0.717, 1.165) is 18.9 Å². The zero-order chi connectivity index (χ0) is 22.6. The number of rotatable bonds is 6. The molecular formula is C22H28F3N5O. The Kier molecular flexibility index (Phi) is 6.70. The molecule has 1 heterocycles. The highest BCUT2D eigenvalue weighted by Gasteiger charge is 2.36. The molecule has 6 nitrogen and oxygen atoms in total. The molecular weight excluding hydrogens is 407 g/mol. The third-order valence-electron chi connectivity index (χ3n) is 5.71. The van der Waals surface area contributed by atoms with Crippen LogP contribution < -0.4 is 10.6 Å². The summed E-state index contributed by atoms with van der Waals surface area (Å²) in [5, 5.41) is 25.7. The van der Waals surface area contributed by atoms with Crippen LogP contribution in [0.4, 0.5) is 24.9 Å². The molecule has 0 bridgehead atoms. The monoisotopic (exact) mass is 435 g/mol. The fourth-order valence-electron chi connectivity index (χ4n) is 3.92. The van der Waals surface area contributed by atoms with Crippen molar-refractivity contribution in [2.75, 3.05) is 17.2 Å². The fraction of sp³-hybridized carbons (Fsp3) is 0.500. The summed E-state index contributed by atoms with van der Waals surface area (Å²) in [5.41, 5.74) is -0.417. The number of benzene rings is 1. The summed E-state index contributed by atoms with van der Waals surface area (Å²) in [5.74, 6) is 0.619. The molecule has 2 aromatic rings. The van der Waals surface area contributed by atoms with Gasteiger partial charge in [0.05, 0.1) is 17.9 Å². The van der Waals surface area contributed by atoms with Crippen molar-refractivity contribution < 1.29 is 19.7 Å². The predicted molar refractivity (Wildman–Crippen MR) is 114 cm³/mol. The third-order valence-corrected chi connectivity index (χ3v) is 5.71. The van der Waals surface area contributed by atoms with E-state index in [1.54, 1.807) is 6.07 Å². The van der Waals surface area contributed by atoms with Gasteiger partial charge in [0, 0.05) is 14.0 Å². The molecule has 9 heteroatoms. The predicted octanol–water partition coefficient (Wildman–Crippen LogP) is 4.62. The second kappa shape index (κ2) is 9.10. The Hall–Kier alpha value is -2.86. The lowest BCUT2D eigenvalue weighted by Gasteiger charge is -2.40. The van der Waals surface area contributed by atoms with Gasteiger partial charge in [0.15, 0.2) is 0 Å². The molecule has 0 unspecified atom stereocenters. The van der Waals surface area contributed by atoms with Gasteiger partial charge in [-0.1, -0.05) is 32.0 Å². The van der Waals surface area contributed by atoms with Crippen LogP contribution in [0.1, 0.15) is 51.2 Å². The number of halogens is 3. The number of hydrogen-bond acceptors (Lipinski definition) is 6. The minimum absolute atomic E-state index is 0. The van der Waals surface area contributed by atoms with E-state index in [9.17, 15) is 23.5 Å². The summed E-state index contributed by atoms with van der Waals surface area (Å²) < 4.78 is 39.4. The Balaban J connectivity index is 0.00000363. The van der Waals surface area contributed by atoms with Crippen LogP contribution >= 0.6 is 0 Å². The SMILES string of the molecule is CC1(C)C[C@H](Nc2nc(NCCc3ccccc3C(F)(F)F)ncc2C#N)CC[C@@H]1O.[HH]. The summed E-state index contributed by atoms with van der Waals surface area (Å²) in [7, 11) is 0. The van der Waals surface area contributed by atoms with Crippen molar-refractivity contribution in [3.63, 3.8) is 0 Å². The van der Waals surface area contributed by atoms with Gasteiger partial charge in [0.25, 0.3) is 0 Å². The first-order chi connectivity index (χ1) is 14.6. The number of hydrogen-bond donors (Lipinski definition) is 3. The van der Waals surface area contributed by atoms with Gasteiger partial charge in [-0.2, -0.15) is 23.4 Å². The van der Waals surface area contributed by atoms with E-state index in [4.69, 9.17) is 0 Å². The van der Waals surface area contributed by atoms with E-state index in [1.165, 1.54) is 18.3 Å². The van der Waals surface area contributed by atoms with Crippen molar-refractivity contribution in [1.82, 2.24) is 9.97 Å². The first-order valence-electron chi connectivity index (χ1n) is 10.2. The number of aromatic nitrogens is 2. The molecule has 2 atom stereocenters. The lowest BCUT2D eigenvalue weighted by Crippen LogP contribution is -2.41. The van der Waals surface area contributed by atoms with Crippen molar-refractivity contribution in [3.8, 4) is 6.07 Å². The average molecular weight is 435 g/mol. The first kappa shape index (κ1) is 22.8. The van der Waals surface area contributed by atoms with Gasteiger partial charge < -0.3 is 15.7 Å². The highest BCUT2D eigenvalue weighted by molar-refractivity contribution is 5.54. The summed E-state index contributed by atoms with van der Waals surface area (Å²) in [6, 6.07) is 7.57. The maximum absolute atomic E-state index is 13.1. The molecule has 1 aliphatic rings. The summed E-state index contributed by atoms with van der Waals surface area (Å²) in [6.45, 7) is 4.21. The zero-order valence-corrected chi connectivity index (χ0v) is 17.5. The van der Waals surface area contributed by atoms with Crippen molar-refractivity contribution in [2.24, 2.45) is 5.41 Å². The molecule has 1 saturated carbocycles. The van der Waals surface area contributed by atoms with E-state index in [1.807, 2.05) is 13.8 Å². The van der Waals surface area contributed by atoms with Crippen LogP contribution in [-0.2, 0) is 12.6 Å². The average Bonchev–Trinajstić information content (AvgIpc) is 2.70. The Morgan fingerprint density at radius 1 is 1.29 bits per heavy atom. The van der Waals surface area contributed by atoms with Crippen LogP contribution in [-0.4, -0.2) is 33.8 Å². The van der Waals surface area contributed by atoms with Gasteiger partial charge in [-0.05, 0) is 42.7 Å². The van der Waals surface area contributed by atoms with Crippen LogP contribution in [0.25, 0.3) is 0 Å². The number of nitrogens with one attached hydrogen (secondary N) is 2. The van der Waals surface area contributed by atoms with Crippen molar-refractivity contribution in [2.45, 2.75) is 57.9 Å². The van der Waals surface area contributed by atoms with Gasteiger partial charge in [-0.15, -0.1) is 0 Å². The third kappa shape index (κ3) is 5.64. The molecule has 0 aliphatic heterocycles. The largest absolute Gasteiger partial charge is 0.416 e. The highest BCUT2D eigenvalue weighted by atomic mass is 19.4. The Morgan fingerprint density at radius 2 is 2.03 bits per heavy atom. The lowest BCUT2D eigenvalue weighted by molar-refractivity contribution is -0.138. The quantitative estimate of drug-likeness (QED) is 0.613. The molecule has 0 amide bonds. The normalized spacial score (nSPS) is 20.7.